The smallest absolute Gasteiger partial charge is 0.265 e. The van der Waals surface area contributed by atoms with Crippen LogP contribution in [0.25, 0.3) is 0 Å². The minimum atomic E-state index is -2.88. The number of sulfone groups is 1. The van der Waals surface area contributed by atoms with E-state index < -0.39 is 15.4 Å². The first kappa shape index (κ1) is 11.9. The molecule has 0 saturated carbocycles. The van der Waals surface area contributed by atoms with Crippen LogP contribution >= 0.6 is 0 Å². The lowest BCUT2D eigenvalue weighted by molar-refractivity contribution is 0.549. The molecule has 17 heavy (non-hydrogen) atoms. The van der Waals surface area contributed by atoms with Crippen LogP contribution in [0.5, 0.6) is 0 Å². The Morgan fingerprint density at radius 2 is 2.00 bits per heavy atom. The topological polar surface area (TPSA) is 90.8 Å². The Hall–Kier alpha value is -1.61. The molecule has 1 aliphatic heterocycles. The van der Waals surface area contributed by atoms with E-state index in [9.17, 15) is 13.2 Å². The summed E-state index contributed by atoms with van der Waals surface area (Å²) in [6, 6.07) is 3.39. The van der Waals surface area contributed by atoms with Crippen molar-refractivity contribution in [2.45, 2.75) is 18.8 Å². The van der Waals surface area contributed by atoms with E-state index in [1.807, 2.05) is 6.07 Å². The lowest BCUT2D eigenvalue weighted by Crippen LogP contribution is -2.23. The molecule has 0 amide bonds. The van der Waals surface area contributed by atoms with Gasteiger partial charge in [0.25, 0.3) is 5.56 Å². The Bertz CT molecular complexity index is 611. The van der Waals surface area contributed by atoms with Crippen LogP contribution in [0.2, 0.25) is 0 Å². The van der Waals surface area contributed by atoms with Crippen LogP contribution in [-0.4, -0.2) is 24.9 Å². The van der Waals surface area contributed by atoms with E-state index >= 15 is 0 Å². The van der Waals surface area contributed by atoms with E-state index in [2.05, 4.69) is 4.98 Å². The second-order valence-corrected chi connectivity index (χ2v) is 6.52. The number of nitrogens with one attached hydrogen (secondary N) is 1. The van der Waals surface area contributed by atoms with Crippen molar-refractivity contribution in [1.82, 2.24) is 4.98 Å². The van der Waals surface area contributed by atoms with Crippen molar-refractivity contribution in [3.05, 3.63) is 33.7 Å². The molecule has 2 rings (SSSR count). The summed E-state index contributed by atoms with van der Waals surface area (Å²) < 4.78 is 22.6. The van der Waals surface area contributed by atoms with Gasteiger partial charge in [0, 0.05) is 6.20 Å². The van der Waals surface area contributed by atoms with Gasteiger partial charge in [-0.05, 0) is 30.4 Å². The number of nitrogens with zero attached hydrogens (tertiary/aromatic N) is 1. The first-order chi connectivity index (χ1) is 8.02. The molecule has 5 nitrogen and oxygen atoms in total. The van der Waals surface area contributed by atoms with E-state index in [0.717, 1.165) is 5.56 Å². The van der Waals surface area contributed by atoms with Crippen LogP contribution < -0.4 is 5.56 Å². The highest BCUT2D eigenvalue weighted by Gasteiger charge is 2.25. The van der Waals surface area contributed by atoms with Gasteiger partial charge >= 0.3 is 0 Å². The fraction of sp³-hybridized carbons (Fsp3) is 0.455. The predicted molar refractivity (Wildman–Crippen MR) is 62.4 cm³/mol. The Labute approximate surface area is 99.0 Å². The monoisotopic (exact) mass is 252 g/mol. The fourth-order valence-electron chi connectivity index (χ4n) is 2.04. The average molecular weight is 252 g/mol. The van der Waals surface area contributed by atoms with Crippen LogP contribution in [-0.2, 0) is 9.84 Å². The zero-order chi connectivity index (χ0) is 12.5. The van der Waals surface area contributed by atoms with Crippen molar-refractivity contribution in [2.24, 2.45) is 0 Å². The van der Waals surface area contributed by atoms with Crippen molar-refractivity contribution < 1.29 is 8.42 Å². The summed E-state index contributed by atoms with van der Waals surface area (Å²) in [5, 5.41) is 8.76. The maximum atomic E-state index is 11.3. The molecule has 0 unspecified atom stereocenters. The first-order valence-electron chi connectivity index (χ1n) is 5.35. The molecule has 1 aromatic heterocycles. The predicted octanol–water partition coefficient (Wildman–Crippen LogP) is 0.539. The summed E-state index contributed by atoms with van der Waals surface area (Å²) in [5.74, 6) is 0.472. The largest absolute Gasteiger partial charge is 0.328 e. The van der Waals surface area contributed by atoms with Crippen molar-refractivity contribution in [3.63, 3.8) is 0 Å². The summed E-state index contributed by atoms with van der Waals surface area (Å²) in [6.07, 6.45) is 2.68. The molecule has 1 aromatic rings. The van der Waals surface area contributed by atoms with Gasteiger partial charge < -0.3 is 4.98 Å². The van der Waals surface area contributed by atoms with E-state index in [1.165, 1.54) is 0 Å². The van der Waals surface area contributed by atoms with Crippen molar-refractivity contribution in [2.75, 3.05) is 11.5 Å². The maximum absolute atomic E-state index is 11.3. The molecule has 0 radical (unpaired) electrons. The third kappa shape index (κ3) is 2.56. The third-order valence-electron chi connectivity index (χ3n) is 3.07. The molecule has 6 heteroatoms. The number of aromatic nitrogens is 1. The lowest BCUT2D eigenvalue weighted by Gasteiger charge is -2.21. The summed E-state index contributed by atoms with van der Waals surface area (Å²) in [4.78, 5) is 13.7. The second kappa shape index (κ2) is 4.34. The van der Waals surface area contributed by atoms with E-state index in [4.69, 9.17) is 5.26 Å². The van der Waals surface area contributed by atoms with Crippen molar-refractivity contribution in [3.8, 4) is 6.07 Å². The summed E-state index contributed by atoms with van der Waals surface area (Å²) >= 11 is 0. The summed E-state index contributed by atoms with van der Waals surface area (Å²) in [6.45, 7) is 0. The minimum absolute atomic E-state index is 0.0796. The van der Waals surface area contributed by atoms with E-state index in [0.29, 0.717) is 12.8 Å². The van der Waals surface area contributed by atoms with Crippen LogP contribution in [0.4, 0.5) is 0 Å². The number of hydrogen-bond donors (Lipinski definition) is 1. The molecule has 90 valence electrons. The van der Waals surface area contributed by atoms with Crippen LogP contribution in [0.15, 0.2) is 17.1 Å². The van der Waals surface area contributed by atoms with Crippen molar-refractivity contribution >= 4 is 9.84 Å². The van der Waals surface area contributed by atoms with Crippen LogP contribution in [0.3, 0.4) is 0 Å². The zero-order valence-electron chi connectivity index (χ0n) is 9.14. The van der Waals surface area contributed by atoms with Gasteiger partial charge in [-0.2, -0.15) is 5.26 Å². The molecule has 1 aliphatic rings. The van der Waals surface area contributed by atoms with Gasteiger partial charge in [0.15, 0.2) is 0 Å². The molecule has 2 heterocycles. The lowest BCUT2D eigenvalue weighted by atomic mass is 9.94. The van der Waals surface area contributed by atoms with Crippen molar-refractivity contribution in [1.29, 1.82) is 5.26 Å². The highest BCUT2D eigenvalue weighted by Crippen LogP contribution is 2.28. The average Bonchev–Trinajstić information content (AvgIpc) is 2.30. The van der Waals surface area contributed by atoms with Gasteiger partial charge in [0.1, 0.15) is 21.5 Å². The molecule has 1 saturated heterocycles. The standard InChI is InChI=1S/C11H12N2O3S/c12-6-9-5-10(7-13-11(9)14)8-1-3-17(15,16)4-2-8/h5,7-8H,1-4H2,(H,13,14). The van der Waals surface area contributed by atoms with Crippen LogP contribution in [0, 0.1) is 11.3 Å². The van der Waals surface area contributed by atoms with Gasteiger partial charge in [-0.3, -0.25) is 4.79 Å². The molecular weight excluding hydrogens is 240 g/mol. The van der Waals surface area contributed by atoms with Gasteiger partial charge in [-0.25, -0.2) is 8.42 Å². The first-order valence-corrected chi connectivity index (χ1v) is 7.17. The zero-order valence-corrected chi connectivity index (χ0v) is 9.96. The molecule has 1 N–H and O–H groups in total. The highest BCUT2D eigenvalue weighted by atomic mass is 32.2. The third-order valence-corrected chi connectivity index (χ3v) is 4.79. The molecular formula is C11H12N2O3S. The molecule has 0 aliphatic carbocycles. The minimum Gasteiger partial charge on any atom is -0.328 e. The molecule has 0 spiro atoms. The molecule has 0 atom stereocenters. The highest BCUT2D eigenvalue weighted by molar-refractivity contribution is 7.91. The second-order valence-electron chi connectivity index (χ2n) is 4.21. The number of aromatic amines is 1. The fourth-order valence-corrected chi connectivity index (χ4v) is 3.53. The summed E-state index contributed by atoms with van der Waals surface area (Å²) in [5.41, 5.74) is 0.520. The molecule has 0 bridgehead atoms. The van der Waals surface area contributed by atoms with Gasteiger partial charge in [-0.15, -0.1) is 0 Å². The van der Waals surface area contributed by atoms with E-state index in [1.54, 1.807) is 12.3 Å². The number of rotatable bonds is 1. The Balaban J connectivity index is 2.25. The van der Waals surface area contributed by atoms with Crippen LogP contribution in [0.1, 0.15) is 29.9 Å². The number of H-pyrrole nitrogens is 1. The number of nitriles is 1. The maximum Gasteiger partial charge on any atom is 0.265 e. The van der Waals surface area contributed by atoms with Gasteiger partial charge in [-0.1, -0.05) is 0 Å². The SMILES string of the molecule is N#Cc1cc(C2CCS(=O)(=O)CC2)c[nH]c1=O. The number of pyridine rings is 1. The quantitative estimate of drug-likeness (QED) is 0.789. The Kier molecular flexibility index (Phi) is 3.03. The number of hydrogen-bond acceptors (Lipinski definition) is 4. The van der Waals surface area contributed by atoms with E-state index in [-0.39, 0.29) is 23.0 Å². The Morgan fingerprint density at radius 1 is 1.35 bits per heavy atom. The molecule has 0 aromatic carbocycles. The van der Waals surface area contributed by atoms with Gasteiger partial charge in [0.05, 0.1) is 11.5 Å². The Morgan fingerprint density at radius 3 is 2.59 bits per heavy atom. The normalized spacial score (nSPS) is 19.7. The molecule has 1 fully saturated rings. The van der Waals surface area contributed by atoms with Gasteiger partial charge in [0.2, 0.25) is 0 Å². The summed E-state index contributed by atoms with van der Waals surface area (Å²) in [7, 11) is -2.88.